The number of benzene rings is 2. The highest BCUT2D eigenvalue weighted by atomic mass is 16.5. The van der Waals surface area contributed by atoms with Gasteiger partial charge >= 0.3 is 5.63 Å². The average molecular weight is 412 g/mol. The number of rotatable bonds is 6. The van der Waals surface area contributed by atoms with Gasteiger partial charge in [0.25, 0.3) is 0 Å². The Labute approximate surface area is 179 Å². The van der Waals surface area contributed by atoms with Crippen molar-refractivity contribution in [1.82, 2.24) is 0 Å². The highest BCUT2D eigenvalue weighted by Gasteiger charge is 2.13. The summed E-state index contributed by atoms with van der Waals surface area (Å²) in [5, 5.41) is 0.632. The molecule has 0 aliphatic rings. The van der Waals surface area contributed by atoms with Crippen molar-refractivity contribution >= 4 is 22.8 Å². The number of aromatic nitrogens is 1. The van der Waals surface area contributed by atoms with Crippen LogP contribution in [0.3, 0.4) is 0 Å². The Bertz CT molecular complexity index is 1330. The Morgan fingerprint density at radius 3 is 2.58 bits per heavy atom. The van der Waals surface area contributed by atoms with E-state index in [1.165, 1.54) is 30.4 Å². The van der Waals surface area contributed by atoms with Gasteiger partial charge in [-0.1, -0.05) is 42.5 Å². The number of methoxy groups -OCH3 is 1. The van der Waals surface area contributed by atoms with E-state index in [2.05, 4.69) is 23.6 Å². The zero-order valence-corrected chi connectivity index (χ0v) is 17.4. The molecule has 5 nitrogen and oxygen atoms in total. The first-order chi connectivity index (χ1) is 15.0. The van der Waals surface area contributed by atoms with E-state index < -0.39 is 11.4 Å². The van der Waals surface area contributed by atoms with Gasteiger partial charge in [0.2, 0.25) is 0 Å². The number of ether oxygens (including phenoxy) is 1. The summed E-state index contributed by atoms with van der Waals surface area (Å²) in [5.41, 5.74) is 3.00. The minimum atomic E-state index is -0.684. The largest absolute Gasteiger partial charge is 0.493 e. The second kappa shape index (κ2) is 8.79. The lowest BCUT2D eigenvalue weighted by Crippen LogP contribution is -2.33. The Hall–Kier alpha value is -3.99. The SMILES string of the molecule is COc1cccc2cc(C(=O)/C=C/c3cc[n+](Cc4ccccc4C)cc3)c(=O)oc12. The van der Waals surface area contributed by atoms with Crippen molar-refractivity contribution in [3.05, 3.63) is 112 Å². The van der Waals surface area contributed by atoms with E-state index in [9.17, 15) is 9.59 Å². The summed E-state index contributed by atoms with van der Waals surface area (Å²) < 4.78 is 12.6. The molecule has 0 aliphatic heterocycles. The van der Waals surface area contributed by atoms with Crippen molar-refractivity contribution in [2.24, 2.45) is 0 Å². The molecule has 0 atom stereocenters. The van der Waals surface area contributed by atoms with E-state index in [0.717, 1.165) is 12.1 Å². The number of nitrogens with zero attached hydrogens (tertiary/aromatic N) is 1. The summed E-state index contributed by atoms with van der Waals surface area (Å²) >= 11 is 0. The van der Waals surface area contributed by atoms with Crippen LogP contribution in [0.25, 0.3) is 17.0 Å². The van der Waals surface area contributed by atoms with Gasteiger partial charge < -0.3 is 9.15 Å². The van der Waals surface area contributed by atoms with Crippen LogP contribution in [0.5, 0.6) is 5.75 Å². The quantitative estimate of drug-likeness (QED) is 0.205. The summed E-state index contributed by atoms with van der Waals surface area (Å²) in [7, 11) is 1.50. The Kier molecular flexibility index (Phi) is 5.76. The molecule has 154 valence electrons. The molecule has 2 heterocycles. The summed E-state index contributed by atoms with van der Waals surface area (Å²) in [5.74, 6) is 0.0440. The number of pyridine rings is 1. The molecule has 4 aromatic rings. The van der Waals surface area contributed by atoms with Crippen LogP contribution in [0.4, 0.5) is 0 Å². The Morgan fingerprint density at radius 1 is 1.06 bits per heavy atom. The van der Waals surface area contributed by atoms with Crippen LogP contribution in [0.1, 0.15) is 27.0 Å². The average Bonchev–Trinajstić information content (AvgIpc) is 2.79. The smallest absolute Gasteiger partial charge is 0.347 e. The fraction of sp³-hybridized carbons (Fsp3) is 0.115. The second-order valence-electron chi connectivity index (χ2n) is 7.25. The standard InChI is InChI=1S/C26H22NO4/c1-18-6-3-4-7-21(18)17-27-14-12-19(13-15-27)10-11-23(28)22-16-20-8-5-9-24(30-2)25(20)31-26(22)29/h3-16H,17H2,1-2H3/q+1/b11-10+. The predicted molar refractivity (Wildman–Crippen MR) is 119 cm³/mol. The molecule has 0 amide bonds. The first kappa shape index (κ1) is 20.3. The van der Waals surface area contributed by atoms with Crippen molar-refractivity contribution in [3.63, 3.8) is 0 Å². The van der Waals surface area contributed by atoms with Crippen LogP contribution in [0.15, 0.2) is 88.3 Å². The van der Waals surface area contributed by atoms with Gasteiger partial charge in [0, 0.05) is 23.1 Å². The number of hydrogen-bond acceptors (Lipinski definition) is 4. The topological polar surface area (TPSA) is 60.4 Å². The minimum absolute atomic E-state index is 0.0115. The van der Waals surface area contributed by atoms with E-state index in [-0.39, 0.29) is 5.56 Å². The lowest BCUT2D eigenvalue weighted by Gasteiger charge is -2.04. The van der Waals surface area contributed by atoms with Crippen LogP contribution in [0.2, 0.25) is 0 Å². The molecule has 0 aliphatic carbocycles. The van der Waals surface area contributed by atoms with Gasteiger partial charge in [-0.2, -0.15) is 0 Å². The zero-order valence-electron chi connectivity index (χ0n) is 17.4. The third kappa shape index (κ3) is 4.46. The molecule has 5 heteroatoms. The number of carbonyl (C=O) groups excluding carboxylic acids is 1. The molecule has 0 saturated carbocycles. The molecule has 0 N–H and O–H groups in total. The van der Waals surface area contributed by atoms with Crippen LogP contribution < -0.4 is 14.9 Å². The Balaban J connectivity index is 1.52. The van der Waals surface area contributed by atoms with Crippen molar-refractivity contribution in [2.75, 3.05) is 7.11 Å². The predicted octanol–water partition coefficient (Wildman–Crippen LogP) is 4.34. The number of carbonyl (C=O) groups is 1. The first-order valence-corrected chi connectivity index (χ1v) is 9.92. The molecule has 0 spiro atoms. The number of allylic oxidation sites excluding steroid dienone is 1. The van der Waals surface area contributed by atoms with E-state index in [4.69, 9.17) is 9.15 Å². The van der Waals surface area contributed by atoms with Crippen molar-refractivity contribution in [1.29, 1.82) is 0 Å². The highest BCUT2D eigenvalue weighted by molar-refractivity contribution is 6.08. The number of aryl methyl sites for hydroxylation is 1. The van der Waals surface area contributed by atoms with Crippen LogP contribution in [0, 0.1) is 6.92 Å². The van der Waals surface area contributed by atoms with Gasteiger partial charge in [-0.25, -0.2) is 9.36 Å². The Morgan fingerprint density at radius 2 is 1.84 bits per heavy atom. The molecule has 31 heavy (non-hydrogen) atoms. The lowest BCUT2D eigenvalue weighted by molar-refractivity contribution is -0.688. The fourth-order valence-electron chi connectivity index (χ4n) is 3.38. The third-order valence-corrected chi connectivity index (χ3v) is 5.17. The van der Waals surface area contributed by atoms with E-state index in [1.807, 2.05) is 36.7 Å². The second-order valence-corrected chi connectivity index (χ2v) is 7.25. The number of fused-ring (bicyclic) bond motifs is 1. The molecule has 0 unspecified atom stereocenters. The summed E-state index contributed by atoms with van der Waals surface area (Å²) in [6, 6.07) is 18.9. The molecule has 0 saturated heterocycles. The molecule has 4 rings (SSSR count). The van der Waals surface area contributed by atoms with Crippen LogP contribution in [-0.2, 0) is 6.54 Å². The molecule has 0 fully saturated rings. The van der Waals surface area contributed by atoms with Gasteiger partial charge in [-0.05, 0) is 36.3 Å². The first-order valence-electron chi connectivity index (χ1n) is 9.92. The lowest BCUT2D eigenvalue weighted by atomic mass is 10.1. The van der Waals surface area contributed by atoms with Crippen molar-refractivity contribution in [2.45, 2.75) is 13.5 Å². The highest BCUT2D eigenvalue weighted by Crippen LogP contribution is 2.24. The van der Waals surface area contributed by atoms with Crippen molar-refractivity contribution in [3.8, 4) is 5.75 Å². The van der Waals surface area contributed by atoms with Gasteiger partial charge in [-0.3, -0.25) is 4.79 Å². The number of hydrogen-bond donors (Lipinski definition) is 0. The van der Waals surface area contributed by atoms with Crippen molar-refractivity contribution < 1.29 is 18.5 Å². The summed E-state index contributed by atoms with van der Waals surface area (Å²) in [6.07, 6.45) is 7.01. The van der Waals surface area contributed by atoms with Crippen LogP contribution in [-0.4, -0.2) is 12.9 Å². The molecule has 2 aromatic heterocycles. The van der Waals surface area contributed by atoms with Gasteiger partial charge in [0.05, 0.1) is 7.11 Å². The molecule has 0 radical (unpaired) electrons. The van der Waals surface area contributed by atoms with E-state index in [1.54, 1.807) is 24.3 Å². The summed E-state index contributed by atoms with van der Waals surface area (Å²) in [6.45, 7) is 2.87. The van der Waals surface area contributed by atoms with Gasteiger partial charge in [-0.15, -0.1) is 0 Å². The summed E-state index contributed by atoms with van der Waals surface area (Å²) in [4.78, 5) is 24.9. The molecular formula is C26H22NO4+. The monoisotopic (exact) mass is 412 g/mol. The zero-order chi connectivity index (χ0) is 21.8. The maximum Gasteiger partial charge on any atom is 0.347 e. The van der Waals surface area contributed by atoms with Gasteiger partial charge in [0.15, 0.2) is 36.1 Å². The van der Waals surface area contributed by atoms with Crippen LogP contribution >= 0.6 is 0 Å². The molecular weight excluding hydrogens is 390 g/mol. The number of ketones is 1. The maximum atomic E-state index is 12.6. The molecule has 2 aromatic carbocycles. The van der Waals surface area contributed by atoms with Gasteiger partial charge in [0.1, 0.15) is 5.56 Å². The third-order valence-electron chi connectivity index (χ3n) is 5.17. The minimum Gasteiger partial charge on any atom is -0.493 e. The maximum absolute atomic E-state index is 12.6. The fourth-order valence-corrected chi connectivity index (χ4v) is 3.38. The van der Waals surface area contributed by atoms with E-state index >= 15 is 0 Å². The number of para-hydroxylation sites is 1. The molecule has 0 bridgehead atoms. The van der Waals surface area contributed by atoms with E-state index in [0.29, 0.717) is 16.7 Å². The normalized spacial score (nSPS) is 11.2.